The average molecular weight is 379 g/mol. The van der Waals surface area contributed by atoms with Gasteiger partial charge in [0.15, 0.2) is 0 Å². The first-order chi connectivity index (χ1) is 13.5. The van der Waals surface area contributed by atoms with E-state index in [0.29, 0.717) is 31.7 Å². The van der Waals surface area contributed by atoms with Gasteiger partial charge < -0.3 is 15.5 Å². The Labute approximate surface area is 164 Å². The highest BCUT2D eigenvalue weighted by molar-refractivity contribution is 5.94. The van der Waals surface area contributed by atoms with Crippen LogP contribution in [0.5, 0.6) is 0 Å². The molecule has 146 valence electrons. The topological polar surface area (TPSA) is 78.5 Å². The highest BCUT2D eigenvalue weighted by Crippen LogP contribution is 2.20. The van der Waals surface area contributed by atoms with Crippen LogP contribution in [0.15, 0.2) is 54.6 Å². The molecule has 1 saturated heterocycles. The van der Waals surface area contributed by atoms with Crippen molar-refractivity contribution in [2.45, 2.75) is 19.9 Å². The predicted octanol–water partition coefficient (Wildman–Crippen LogP) is 1.89. The zero-order valence-corrected chi connectivity index (χ0v) is 16.0. The van der Waals surface area contributed by atoms with Gasteiger partial charge in [0.25, 0.3) is 5.91 Å². The molecular formula is C22H25N3O3. The van der Waals surface area contributed by atoms with Crippen molar-refractivity contribution in [2.75, 3.05) is 19.6 Å². The number of nitrogens with one attached hydrogen (secondary N) is 2. The summed E-state index contributed by atoms with van der Waals surface area (Å²) in [6, 6.07) is 17.0. The zero-order valence-electron chi connectivity index (χ0n) is 16.0. The predicted molar refractivity (Wildman–Crippen MR) is 106 cm³/mol. The number of hydrogen-bond donors (Lipinski definition) is 2. The molecule has 1 fully saturated rings. The molecule has 1 aliphatic heterocycles. The second kappa shape index (κ2) is 9.17. The fourth-order valence-corrected chi connectivity index (χ4v) is 3.21. The van der Waals surface area contributed by atoms with Gasteiger partial charge in [0.05, 0.1) is 5.92 Å². The lowest BCUT2D eigenvalue weighted by atomic mass is 10.1. The summed E-state index contributed by atoms with van der Waals surface area (Å²) in [5.74, 6) is -0.662. The van der Waals surface area contributed by atoms with E-state index < -0.39 is 0 Å². The number of nitrogens with zero attached hydrogens (tertiary/aromatic N) is 1. The van der Waals surface area contributed by atoms with Crippen LogP contribution in [0.1, 0.15) is 27.9 Å². The molecule has 0 saturated carbocycles. The molecule has 28 heavy (non-hydrogen) atoms. The monoisotopic (exact) mass is 379 g/mol. The quantitative estimate of drug-likeness (QED) is 0.721. The van der Waals surface area contributed by atoms with Gasteiger partial charge in [0.2, 0.25) is 11.8 Å². The third-order valence-electron chi connectivity index (χ3n) is 4.83. The smallest absolute Gasteiger partial charge is 0.251 e. The molecule has 1 aliphatic rings. The fraction of sp³-hybridized carbons (Fsp3) is 0.318. The molecular weight excluding hydrogens is 354 g/mol. The summed E-state index contributed by atoms with van der Waals surface area (Å²) in [6.07, 6.45) is 0.230. The van der Waals surface area contributed by atoms with Crippen LogP contribution in [0.25, 0.3) is 0 Å². The van der Waals surface area contributed by atoms with E-state index in [1.165, 1.54) is 5.56 Å². The second-order valence-corrected chi connectivity index (χ2v) is 7.07. The van der Waals surface area contributed by atoms with Crippen molar-refractivity contribution in [1.82, 2.24) is 15.5 Å². The minimum Gasteiger partial charge on any atom is -0.354 e. The lowest BCUT2D eigenvalue weighted by Gasteiger charge is -2.17. The van der Waals surface area contributed by atoms with Crippen molar-refractivity contribution in [2.24, 2.45) is 5.92 Å². The Bertz CT molecular complexity index is 834. The van der Waals surface area contributed by atoms with Crippen LogP contribution in [0.2, 0.25) is 0 Å². The maximum atomic E-state index is 12.3. The maximum Gasteiger partial charge on any atom is 0.251 e. The Morgan fingerprint density at radius 3 is 2.39 bits per heavy atom. The highest BCUT2D eigenvalue weighted by Gasteiger charge is 2.33. The van der Waals surface area contributed by atoms with Crippen molar-refractivity contribution in [1.29, 1.82) is 0 Å². The number of carbonyl (C=O) groups excluding carboxylic acids is 3. The number of amides is 3. The molecule has 0 spiro atoms. The largest absolute Gasteiger partial charge is 0.354 e. The van der Waals surface area contributed by atoms with E-state index >= 15 is 0 Å². The summed E-state index contributed by atoms with van der Waals surface area (Å²) in [5.41, 5.74) is 2.82. The Hall–Kier alpha value is -3.15. The molecule has 2 aromatic rings. The molecule has 0 bridgehead atoms. The molecule has 3 amide bonds. The molecule has 1 atom stereocenters. The lowest BCUT2D eigenvalue weighted by molar-refractivity contribution is -0.129. The first-order valence-electron chi connectivity index (χ1n) is 9.47. The van der Waals surface area contributed by atoms with Gasteiger partial charge in [-0.05, 0) is 24.6 Å². The number of hydrogen-bond acceptors (Lipinski definition) is 3. The second-order valence-electron chi connectivity index (χ2n) is 7.07. The van der Waals surface area contributed by atoms with E-state index in [1.807, 2.05) is 37.3 Å². The van der Waals surface area contributed by atoms with Gasteiger partial charge in [0, 0.05) is 38.2 Å². The van der Waals surface area contributed by atoms with Crippen LogP contribution in [-0.4, -0.2) is 42.3 Å². The standard InChI is InChI=1S/C22H25N3O3/c1-16-7-9-17(10-8-16)14-25-15-19(13-20(25)26)22(28)24-12-11-23-21(27)18-5-3-2-4-6-18/h2-10,19H,11-15H2,1H3,(H,23,27)(H,24,28). The van der Waals surface area contributed by atoms with Gasteiger partial charge in [-0.3, -0.25) is 14.4 Å². The third-order valence-corrected chi connectivity index (χ3v) is 4.83. The van der Waals surface area contributed by atoms with Gasteiger partial charge in [-0.2, -0.15) is 0 Å². The molecule has 0 aromatic heterocycles. The Morgan fingerprint density at radius 1 is 1.00 bits per heavy atom. The molecule has 0 radical (unpaired) electrons. The van der Waals surface area contributed by atoms with Gasteiger partial charge in [-0.1, -0.05) is 48.0 Å². The Kier molecular flexibility index (Phi) is 6.42. The third kappa shape index (κ3) is 5.19. The van der Waals surface area contributed by atoms with Crippen molar-refractivity contribution < 1.29 is 14.4 Å². The van der Waals surface area contributed by atoms with Gasteiger partial charge >= 0.3 is 0 Å². The van der Waals surface area contributed by atoms with Crippen LogP contribution in [-0.2, 0) is 16.1 Å². The number of aryl methyl sites for hydroxylation is 1. The summed E-state index contributed by atoms with van der Waals surface area (Å²) in [4.78, 5) is 38.3. The molecule has 6 nitrogen and oxygen atoms in total. The van der Waals surface area contributed by atoms with Crippen LogP contribution in [0.3, 0.4) is 0 Å². The number of carbonyl (C=O) groups is 3. The van der Waals surface area contributed by atoms with E-state index in [9.17, 15) is 14.4 Å². The van der Waals surface area contributed by atoms with Crippen LogP contribution >= 0.6 is 0 Å². The van der Waals surface area contributed by atoms with E-state index in [4.69, 9.17) is 0 Å². The molecule has 1 heterocycles. The van der Waals surface area contributed by atoms with Crippen molar-refractivity contribution in [3.05, 3.63) is 71.3 Å². The molecule has 6 heteroatoms. The molecule has 0 aliphatic carbocycles. The highest BCUT2D eigenvalue weighted by atomic mass is 16.2. The summed E-state index contributed by atoms with van der Waals surface area (Å²) < 4.78 is 0. The fourth-order valence-electron chi connectivity index (χ4n) is 3.21. The normalized spacial score (nSPS) is 16.1. The Balaban J connectivity index is 1.40. The Morgan fingerprint density at radius 2 is 1.68 bits per heavy atom. The first-order valence-corrected chi connectivity index (χ1v) is 9.47. The maximum absolute atomic E-state index is 12.3. The van der Waals surface area contributed by atoms with Crippen molar-refractivity contribution in [3.8, 4) is 0 Å². The summed E-state index contributed by atoms with van der Waals surface area (Å²) >= 11 is 0. The number of rotatable bonds is 7. The summed E-state index contributed by atoms with van der Waals surface area (Å²) in [5, 5.41) is 5.58. The summed E-state index contributed by atoms with van der Waals surface area (Å²) in [6.45, 7) is 3.64. The minimum absolute atomic E-state index is 0.00175. The van der Waals surface area contributed by atoms with Crippen LogP contribution < -0.4 is 10.6 Å². The van der Waals surface area contributed by atoms with Gasteiger partial charge in [-0.25, -0.2) is 0 Å². The van der Waals surface area contributed by atoms with Crippen molar-refractivity contribution >= 4 is 17.7 Å². The van der Waals surface area contributed by atoms with Crippen LogP contribution in [0, 0.1) is 12.8 Å². The molecule has 2 N–H and O–H groups in total. The number of likely N-dealkylation sites (tertiary alicyclic amines) is 1. The van der Waals surface area contributed by atoms with E-state index in [1.54, 1.807) is 29.2 Å². The van der Waals surface area contributed by atoms with E-state index in [-0.39, 0.29) is 30.1 Å². The van der Waals surface area contributed by atoms with Gasteiger partial charge in [-0.15, -0.1) is 0 Å². The average Bonchev–Trinajstić information content (AvgIpc) is 3.08. The van der Waals surface area contributed by atoms with E-state index in [2.05, 4.69) is 10.6 Å². The molecule has 1 unspecified atom stereocenters. The minimum atomic E-state index is -0.345. The lowest BCUT2D eigenvalue weighted by Crippen LogP contribution is -2.38. The molecule has 2 aromatic carbocycles. The zero-order chi connectivity index (χ0) is 19.9. The molecule has 3 rings (SSSR count). The van der Waals surface area contributed by atoms with Gasteiger partial charge in [0.1, 0.15) is 0 Å². The first kappa shape index (κ1) is 19.6. The van der Waals surface area contributed by atoms with Crippen molar-refractivity contribution in [3.63, 3.8) is 0 Å². The van der Waals surface area contributed by atoms with Crippen LogP contribution in [0.4, 0.5) is 0 Å². The number of benzene rings is 2. The van der Waals surface area contributed by atoms with E-state index in [0.717, 1.165) is 5.56 Å². The summed E-state index contributed by atoms with van der Waals surface area (Å²) in [7, 11) is 0. The SMILES string of the molecule is Cc1ccc(CN2CC(C(=O)NCCNC(=O)c3ccccc3)CC2=O)cc1.